The highest BCUT2D eigenvalue weighted by Gasteiger charge is 2.28. The maximum Gasteiger partial charge on any atom is 0.407 e. The lowest BCUT2D eigenvalue weighted by molar-refractivity contribution is -0.385. The fourth-order valence-corrected chi connectivity index (χ4v) is 1.90. The molecule has 1 unspecified atom stereocenters. The van der Waals surface area contributed by atoms with E-state index in [4.69, 9.17) is 9.47 Å². The minimum absolute atomic E-state index is 0.0688. The zero-order valence-electron chi connectivity index (χ0n) is 12.9. The van der Waals surface area contributed by atoms with E-state index in [9.17, 15) is 19.7 Å². The number of carbonyl (C=O) groups is 2. The van der Waals surface area contributed by atoms with Gasteiger partial charge in [0.15, 0.2) is 0 Å². The van der Waals surface area contributed by atoms with Gasteiger partial charge in [-0.3, -0.25) is 10.1 Å². The van der Waals surface area contributed by atoms with E-state index in [2.05, 4.69) is 11.9 Å². The van der Waals surface area contributed by atoms with E-state index in [1.165, 1.54) is 31.2 Å². The number of carbonyl (C=O) groups excluding carboxylic acids is 2. The predicted molar refractivity (Wildman–Crippen MR) is 82.1 cm³/mol. The number of ether oxygens (including phenoxy) is 2. The van der Waals surface area contributed by atoms with Crippen LogP contribution in [0.5, 0.6) is 0 Å². The van der Waals surface area contributed by atoms with Crippen LogP contribution in [-0.4, -0.2) is 30.1 Å². The lowest BCUT2D eigenvalue weighted by Gasteiger charge is -2.16. The summed E-state index contributed by atoms with van der Waals surface area (Å²) >= 11 is 0. The lowest BCUT2D eigenvalue weighted by atomic mass is 10.0. The molecule has 23 heavy (non-hydrogen) atoms. The standard InChI is InChI=1S/C15H18N2O6/c1-4-9-16-15(19)23-10(3)11-7-6-8-12(17(20)21)13(11)14(18)22-5-2/h4,6-8,10H,1,5,9H2,2-3H3,(H,16,19). The second-order valence-electron chi connectivity index (χ2n) is 4.44. The molecule has 1 amide bonds. The summed E-state index contributed by atoms with van der Waals surface area (Å²) in [6.45, 7) is 6.84. The smallest absolute Gasteiger partial charge is 0.407 e. The molecule has 124 valence electrons. The van der Waals surface area contributed by atoms with Crippen molar-refractivity contribution in [2.24, 2.45) is 0 Å². The first-order valence-electron chi connectivity index (χ1n) is 6.92. The van der Waals surface area contributed by atoms with E-state index in [0.717, 1.165) is 0 Å². The molecule has 0 aromatic heterocycles. The third-order valence-electron chi connectivity index (χ3n) is 2.86. The molecule has 1 aromatic carbocycles. The van der Waals surface area contributed by atoms with Crippen LogP contribution in [0.3, 0.4) is 0 Å². The molecule has 8 heteroatoms. The Morgan fingerprint density at radius 1 is 1.48 bits per heavy atom. The molecule has 1 atom stereocenters. The van der Waals surface area contributed by atoms with Crippen molar-refractivity contribution in [1.82, 2.24) is 5.32 Å². The molecule has 0 aliphatic heterocycles. The Hall–Kier alpha value is -2.90. The van der Waals surface area contributed by atoms with Gasteiger partial charge in [-0.25, -0.2) is 9.59 Å². The lowest BCUT2D eigenvalue weighted by Crippen LogP contribution is -2.26. The molecule has 0 radical (unpaired) electrons. The highest BCUT2D eigenvalue weighted by molar-refractivity contribution is 5.95. The first-order chi connectivity index (χ1) is 10.9. The van der Waals surface area contributed by atoms with E-state index in [1.807, 2.05) is 0 Å². The Morgan fingerprint density at radius 3 is 2.74 bits per heavy atom. The molecule has 0 saturated carbocycles. The number of nitro groups is 1. The van der Waals surface area contributed by atoms with E-state index < -0.39 is 28.8 Å². The summed E-state index contributed by atoms with van der Waals surface area (Å²) < 4.78 is 9.98. The Labute approximate surface area is 133 Å². The van der Waals surface area contributed by atoms with Crippen LogP contribution in [0.25, 0.3) is 0 Å². The molecule has 0 aliphatic rings. The molecule has 0 spiro atoms. The number of benzene rings is 1. The van der Waals surface area contributed by atoms with Gasteiger partial charge in [-0.2, -0.15) is 0 Å². The summed E-state index contributed by atoms with van der Waals surface area (Å²) in [6.07, 6.45) is -0.124. The van der Waals surface area contributed by atoms with Crippen LogP contribution in [0.15, 0.2) is 30.9 Å². The van der Waals surface area contributed by atoms with Gasteiger partial charge < -0.3 is 14.8 Å². The van der Waals surface area contributed by atoms with Crippen molar-refractivity contribution >= 4 is 17.7 Å². The van der Waals surface area contributed by atoms with Gasteiger partial charge in [0.05, 0.1) is 11.5 Å². The number of nitro benzene ring substituents is 1. The van der Waals surface area contributed by atoms with Gasteiger partial charge in [0, 0.05) is 18.2 Å². The average molecular weight is 322 g/mol. The van der Waals surface area contributed by atoms with Gasteiger partial charge in [0.25, 0.3) is 5.69 Å². The van der Waals surface area contributed by atoms with Crippen molar-refractivity contribution < 1.29 is 24.0 Å². The van der Waals surface area contributed by atoms with Gasteiger partial charge in [-0.05, 0) is 13.8 Å². The molecule has 1 aromatic rings. The van der Waals surface area contributed by atoms with Gasteiger partial charge in [-0.1, -0.05) is 18.2 Å². The Morgan fingerprint density at radius 2 is 2.17 bits per heavy atom. The number of esters is 1. The van der Waals surface area contributed by atoms with E-state index >= 15 is 0 Å². The number of rotatable bonds is 7. The summed E-state index contributed by atoms with van der Waals surface area (Å²) in [5.41, 5.74) is -0.419. The van der Waals surface area contributed by atoms with Gasteiger partial charge >= 0.3 is 12.1 Å². The molecular weight excluding hydrogens is 304 g/mol. The van der Waals surface area contributed by atoms with Crippen molar-refractivity contribution in [3.63, 3.8) is 0 Å². The second kappa shape index (κ2) is 8.52. The van der Waals surface area contributed by atoms with Crippen molar-refractivity contribution in [2.45, 2.75) is 20.0 Å². The first-order valence-corrected chi connectivity index (χ1v) is 6.92. The monoisotopic (exact) mass is 322 g/mol. The minimum atomic E-state index is -0.876. The van der Waals surface area contributed by atoms with Gasteiger partial charge in [-0.15, -0.1) is 6.58 Å². The molecule has 0 heterocycles. The fraction of sp³-hybridized carbons (Fsp3) is 0.333. The summed E-state index contributed by atoms with van der Waals surface area (Å²) in [5.74, 6) is -0.836. The van der Waals surface area contributed by atoms with E-state index in [-0.39, 0.29) is 24.3 Å². The second-order valence-corrected chi connectivity index (χ2v) is 4.44. The van der Waals surface area contributed by atoms with Crippen LogP contribution in [-0.2, 0) is 9.47 Å². The maximum absolute atomic E-state index is 12.1. The van der Waals surface area contributed by atoms with Crippen molar-refractivity contribution in [2.75, 3.05) is 13.2 Å². The van der Waals surface area contributed by atoms with Crippen LogP contribution in [0, 0.1) is 10.1 Å². The van der Waals surface area contributed by atoms with Crippen LogP contribution in [0.4, 0.5) is 10.5 Å². The van der Waals surface area contributed by atoms with Crippen LogP contribution in [0.1, 0.15) is 35.9 Å². The number of alkyl carbamates (subject to hydrolysis) is 1. The summed E-state index contributed by atoms with van der Waals surface area (Å²) in [6, 6.07) is 4.09. The van der Waals surface area contributed by atoms with Crippen molar-refractivity contribution in [1.29, 1.82) is 0 Å². The third kappa shape index (κ3) is 4.80. The van der Waals surface area contributed by atoms with Gasteiger partial charge in [0.2, 0.25) is 0 Å². The highest BCUT2D eigenvalue weighted by atomic mass is 16.6. The van der Waals surface area contributed by atoms with Crippen molar-refractivity contribution in [3.8, 4) is 0 Å². The number of nitrogens with one attached hydrogen (secondary N) is 1. The first kappa shape index (κ1) is 18.1. The Kier molecular flexibility index (Phi) is 6.72. The van der Waals surface area contributed by atoms with E-state index in [0.29, 0.717) is 0 Å². The topological polar surface area (TPSA) is 108 Å². The quantitative estimate of drug-likeness (QED) is 0.358. The largest absolute Gasteiger partial charge is 0.462 e. The molecule has 1 N–H and O–H groups in total. The molecular formula is C15H18N2O6. The summed E-state index contributed by atoms with van der Waals surface area (Å²) in [4.78, 5) is 34.1. The molecule has 1 rings (SSSR count). The highest BCUT2D eigenvalue weighted by Crippen LogP contribution is 2.29. The van der Waals surface area contributed by atoms with Gasteiger partial charge in [0.1, 0.15) is 11.7 Å². The Balaban J connectivity index is 3.16. The zero-order chi connectivity index (χ0) is 17.4. The minimum Gasteiger partial charge on any atom is -0.462 e. The van der Waals surface area contributed by atoms with Crippen LogP contribution in [0.2, 0.25) is 0 Å². The molecule has 0 fully saturated rings. The van der Waals surface area contributed by atoms with E-state index in [1.54, 1.807) is 6.92 Å². The predicted octanol–water partition coefficient (Wildman–Crippen LogP) is 2.74. The van der Waals surface area contributed by atoms with Crippen LogP contribution >= 0.6 is 0 Å². The molecule has 8 nitrogen and oxygen atoms in total. The number of hydrogen-bond donors (Lipinski definition) is 1. The zero-order valence-corrected chi connectivity index (χ0v) is 12.9. The fourth-order valence-electron chi connectivity index (χ4n) is 1.90. The normalized spacial score (nSPS) is 11.2. The Bertz CT molecular complexity index is 614. The molecule has 0 saturated heterocycles. The summed E-state index contributed by atoms with van der Waals surface area (Å²) in [5, 5.41) is 13.6. The number of nitrogens with zero attached hydrogens (tertiary/aromatic N) is 1. The molecule has 0 bridgehead atoms. The maximum atomic E-state index is 12.1. The summed E-state index contributed by atoms with van der Waals surface area (Å²) in [7, 11) is 0. The number of amides is 1. The molecule has 0 aliphatic carbocycles. The van der Waals surface area contributed by atoms with Crippen LogP contribution < -0.4 is 5.32 Å². The third-order valence-corrected chi connectivity index (χ3v) is 2.86. The number of hydrogen-bond acceptors (Lipinski definition) is 6. The SMILES string of the molecule is C=CCNC(=O)OC(C)c1cccc([N+](=O)[O-])c1C(=O)OCC. The van der Waals surface area contributed by atoms with Crippen molar-refractivity contribution in [3.05, 3.63) is 52.1 Å². The average Bonchev–Trinajstić information content (AvgIpc) is 2.52.